The number of para-hydroxylation sites is 3. The second-order valence-corrected chi connectivity index (χ2v) is 11.1. The Hall–Kier alpha value is -5.48. The molecule has 0 amide bonds. The van der Waals surface area contributed by atoms with Crippen molar-refractivity contribution in [3.63, 3.8) is 0 Å². The van der Waals surface area contributed by atoms with E-state index < -0.39 is 0 Å². The molecule has 4 heterocycles. The van der Waals surface area contributed by atoms with Gasteiger partial charge in [0.2, 0.25) is 5.95 Å². The van der Waals surface area contributed by atoms with Gasteiger partial charge in [-0.15, -0.1) is 0 Å². The topological polar surface area (TPSA) is 35.1 Å². The lowest BCUT2D eigenvalue weighted by Gasteiger charge is -2.10. The lowest BCUT2D eigenvalue weighted by atomic mass is 10.0. The predicted octanol–water partition coefficient (Wildman–Crippen LogP) is 9.34. The maximum Gasteiger partial charge on any atom is 0.235 e. The van der Waals surface area contributed by atoms with Crippen molar-refractivity contribution in [3.8, 4) is 5.95 Å². The monoisotopic (exact) mass is 522 g/mol. The number of nitrogens with zero attached hydrogens (tertiary/aromatic N) is 4. The van der Waals surface area contributed by atoms with Crippen molar-refractivity contribution < 1.29 is 0 Å². The number of rotatable bonds is 1. The average molecular weight is 523 g/mol. The molecule has 6 aromatic carbocycles. The number of aryl methyl sites for hydroxylation is 1. The van der Waals surface area contributed by atoms with Crippen LogP contribution in [0.15, 0.2) is 115 Å². The molecule has 0 atom stereocenters. The van der Waals surface area contributed by atoms with Crippen molar-refractivity contribution in [3.05, 3.63) is 121 Å². The maximum absolute atomic E-state index is 5.18. The minimum Gasteiger partial charge on any atom is -0.308 e. The summed E-state index contributed by atoms with van der Waals surface area (Å²) < 4.78 is 4.76. The second kappa shape index (κ2) is 7.38. The first-order valence-electron chi connectivity index (χ1n) is 14.0. The van der Waals surface area contributed by atoms with Gasteiger partial charge in [0.15, 0.2) is 0 Å². The summed E-state index contributed by atoms with van der Waals surface area (Å²) in [6.07, 6.45) is 0. The van der Waals surface area contributed by atoms with Crippen LogP contribution < -0.4 is 0 Å². The Morgan fingerprint density at radius 1 is 0.488 bits per heavy atom. The minimum absolute atomic E-state index is 0.708. The van der Waals surface area contributed by atoms with Crippen molar-refractivity contribution in [2.75, 3.05) is 0 Å². The molecular formula is C37H22N4. The highest BCUT2D eigenvalue weighted by Crippen LogP contribution is 2.46. The molecule has 0 unspecified atom stereocenters. The summed E-state index contributed by atoms with van der Waals surface area (Å²) in [7, 11) is 0. The summed E-state index contributed by atoms with van der Waals surface area (Å²) in [6, 6.07) is 41.5. The quantitative estimate of drug-likeness (QED) is 0.215. The molecule has 0 aliphatic heterocycles. The van der Waals surface area contributed by atoms with Gasteiger partial charge in [-0.05, 0) is 54.1 Å². The van der Waals surface area contributed by atoms with E-state index in [1.165, 1.54) is 59.6 Å². The average Bonchev–Trinajstić information content (AvgIpc) is 3.64. The Balaban J connectivity index is 1.54. The molecule has 41 heavy (non-hydrogen) atoms. The van der Waals surface area contributed by atoms with Gasteiger partial charge < -0.3 is 4.40 Å². The molecule has 4 nitrogen and oxygen atoms in total. The van der Waals surface area contributed by atoms with Crippen LogP contribution in [0.4, 0.5) is 0 Å². The summed E-state index contributed by atoms with van der Waals surface area (Å²) in [4.78, 5) is 10.3. The molecule has 10 aromatic rings. The Labute approximate surface area is 234 Å². The van der Waals surface area contributed by atoms with E-state index in [1.54, 1.807) is 0 Å². The molecule has 0 saturated heterocycles. The Bertz CT molecular complexity index is 2710. The lowest BCUT2D eigenvalue weighted by Crippen LogP contribution is -2.03. The molecule has 0 aliphatic rings. The van der Waals surface area contributed by atoms with Crippen LogP contribution in [0.1, 0.15) is 5.69 Å². The molecule has 4 aromatic heterocycles. The first-order valence-corrected chi connectivity index (χ1v) is 14.0. The Morgan fingerprint density at radius 2 is 1.12 bits per heavy atom. The molecule has 0 N–H and O–H groups in total. The fourth-order valence-corrected chi connectivity index (χ4v) is 7.22. The fourth-order valence-electron chi connectivity index (χ4n) is 7.22. The smallest absolute Gasteiger partial charge is 0.235 e. The summed E-state index contributed by atoms with van der Waals surface area (Å²) in [5.41, 5.74) is 7.93. The van der Waals surface area contributed by atoms with Crippen LogP contribution in [0.3, 0.4) is 0 Å². The van der Waals surface area contributed by atoms with Crippen LogP contribution >= 0.6 is 0 Å². The number of hydrogen-bond donors (Lipinski definition) is 0. The third kappa shape index (κ3) is 2.60. The van der Waals surface area contributed by atoms with Crippen LogP contribution in [0.25, 0.3) is 87.5 Å². The zero-order valence-electron chi connectivity index (χ0n) is 22.3. The summed E-state index contributed by atoms with van der Waals surface area (Å²) >= 11 is 0. The van der Waals surface area contributed by atoms with Gasteiger partial charge in [-0.1, -0.05) is 78.9 Å². The van der Waals surface area contributed by atoms with Gasteiger partial charge in [0.1, 0.15) is 0 Å². The third-order valence-corrected chi connectivity index (χ3v) is 8.95. The summed E-state index contributed by atoms with van der Waals surface area (Å²) in [5.74, 6) is 0.708. The Kier molecular flexibility index (Phi) is 3.84. The lowest BCUT2D eigenvalue weighted by molar-refractivity contribution is 0.992. The van der Waals surface area contributed by atoms with Gasteiger partial charge >= 0.3 is 0 Å². The van der Waals surface area contributed by atoms with E-state index in [0.29, 0.717) is 5.95 Å². The SMILES string of the molecule is Cc1nc(-n2c3cc4ccccc4cc3c3cc4c5ccccc5n5c6ccccc6c(c32)c45)nc2ccccc12. The van der Waals surface area contributed by atoms with Crippen molar-refractivity contribution in [2.45, 2.75) is 6.92 Å². The van der Waals surface area contributed by atoms with Crippen molar-refractivity contribution in [1.29, 1.82) is 0 Å². The first kappa shape index (κ1) is 21.4. The number of fused-ring (bicyclic) bond motifs is 12. The van der Waals surface area contributed by atoms with E-state index in [1.807, 2.05) is 0 Å². The van der Waals surface area contributed by atoms with Gasteiger partial charge in [-0.25, -0.2) is 9.97 Å². The normalized spacial score (nSPS) is 12.5. The minimum atomic E-state index is 0.708. The molecule has 0 fully saturated rings. The Morgan fingerprint density at radius 3 is 1.95 bits per heavy atom. The van der Waals surface area contributed by atoms with Crippen molar-refractivity contribution in [1.82, 2.24) is 18.9 Å². The highest BCUT2D eigenvalue weighted by molar-refractivity contribution is 6.34. The van der Waals surface area contributed by atoms with Crippen LogP contribution in [0.5, 0.6) is 0 Å². The molecule has 0 bridgehead atoms. The summed E-state index contributed by atoms with van der Waals surface area (Å²) in [6.45, 7) is 2.08. The van der Waals surface area contributed by atoms with Gasteiger partial charge in [0, 0.05) is 37.7 Å². The molecule has 0 aliphatic carbocycles. The maximum atomic E-state index is 5.18. The molecule has 0 radical (unpaired) electrons. The number of benzene rings is 6. The van der Waals surface area contributed by atoms with Crippen molar-refractivity contribution >= 4 is 81.6 Å². The second-order valence-electron chi connectivity index (χ2n) is 11.1. The third-order valence-electron chi connectivity index (χ3n) is 8.95. The zero-order chi connectivity index (χ0) is 26.8. The van der Waals surface area contributed by atoms with Crippen LogP contribution in [-0.4, -0.2) is 18.9 Å². The zero-order valence-corrected chi connectivity index (χ0v) is 22.3. The van der Waals surface area contributed by atoms with E-state index in [4.69, 9.17) is 9.97 Å². The van der Waals surface area contributed by atoms with E-state index in [0.717, 1.165) is 27.6 Å². The van der Waals surface area contributed by atoms with E-state index in [2.05, 4.69) is 131 Å². The molecule has 0 spiro atoms. The van der Waals surface area contributed by atoms with Gasteiger partial charge in [-0.3, -0.25) is 4.57 Å². The van der Waals surface area contributed by atoms with E-state index in [-0.39, 0.29) is 0 Å². The van der Waals surface area contributed by atoms with E-state index in [9.17, 15) is 0 Å². The van der Waals surface area contributed by atoms with Gasteiger partial charge in [-0.2, -0.15) is 0 Å². The largest absolute Gasteiger partial charge is 0.308 e. The summed E-state index contributed by atoms with van der Waals surface area (Å²) in [5, 5.41) is 11.0. The van der Waals surface area contributed by atoms with Gasteiger partial charge in [0.25, 0.3) is 0 Å². The highest BCUT2D eigenvalue weighted by atomic mass is 15.2. The van der Waals surface area contributed by atoms with Crippen LogP contribution in [-0.2, 0) is 0 Å². The fraction of sp³-hybridized carbons (Fsp3) is 0.0270. The molecule has 10 rings (SSSR count). The predicted molar refractivity (Wildman–Crippen MR) is 171 cm³/mol. The van der Waals surface area contributed by atoms with Crippen LogP contribution in [0, 0.1) is 6.92 Å². The standard InChI is InChI=1S/C37H22N4/c1-21-24-12-4-7-15-30(24)39-37(38-21)41-33-19-23-11-3-2-10-22(23)18-27(33)29-20-28-25-13-5-8-16-31(25)40-32-17-9-6-14-26(32)34(35(28)40)36(29)41/h2-20H,1H3. The van der Waals surface area contributed by atoms with Gasteiger partial charge in [0.05, 0.1) is 38.8 Å². The first-order chi connectivity index (χ1) is 20.3. The molecule has 0 saturated carbocycles. The van der Waals surface area contributed by atoms with E-state index >= 15 is 0 Å². The van der Waals surface area contributed by atoms with Crippen LogP contribution in [0.2, 0.25) is 0 Å². The number of aromatic nitrogens is 4. The van der Waals surface area contributed by atoms with Crippen molar-refractivity contribution in [2.24, 2.45) is 0 Å². The molecule has 4 heteroatoms. The number of hydrogen-bond acceptors (Lipinski definition) is 2. The molecule has 190 valence electrons. The highest BCUT2D eigenvalue weighted by Gasteiger charge is 2.25. The molecular weight excluding hydrogens is 500 g/mol.